The number of rotatable bonds is 3. The number of carbonyl (C=O) groups is 1. The predicted octanol–water partition coefficient (Wildman–Crippen LogP) is 0.502. The standard InChI is InChI=1S/C12H16N2O3/c13-11-8-14(4-5-17-11)7-9-2-1-3-10(6-9)12(15)16/h1-3,6,11H,4-5,7-8,13H2,(H,15,16). The van der Waals surface area contributed by atoms with Crippen molar-refractivity contribution >= 4 is 5.97 Å². The molecule has 17 heavy (non-hydrogen) atoms. The number of aromatic carboxylic acids is 1. The molecule has 1 saturated heterocycles. The average Bonchev–Trinajstić information content (AvgIpc) is 2.29. The maximum absolute atomic E-state index is 10.8. The number of carboxylic acid groups (broad SMARTS) is 1. The van der Waals surface area contributed by atoms with Gasteiger partial charge in [-0.3, -0.25) is 4.90 Å². The molecule has 2 rings (SSSR count). The van der Waals surface area contributed by atoms with Gasteiger partial charge < -0.3 is 15.6 Å². The topological polar surface area (TPSA) is 75.8 Å². The SMILES string of the molecule is NC1CN(Cc2cccc(C(=O)O)c2)CCO1. The molecule has 1 aliphatic rings. The van der Waals surface area contributed by atoms with Crippen molar-refractivity contribution in [2.75, 3.05) is 19.7 Å². The molecule has 0 aliphatic carbocycles. The van der Waals surface area contributed by atoms with Gasteiger partial charge >= 0.3 is 5.97 Å². The van der Waals surface area contributed by atoms with Crippen LogP contribution in [0.15, 0.2) is 24.3 Å². The number of carboxylic acids is 1. The molecule has 1 unspecified atom stereocenters. The first-order chi connectivity index (χ1) is 8.15. The Kier molecular flexibility index (Phi) is 3.73. The van der Waals surface area contributed by atoms with Crippen LogP contribution in [0.25, 0.3) is 0 Å². The maximum Gasteiger partial charge on any atom is 0.335 e. The molecule has 1 aliphatic heterocycles. The number of hydrogen-bond acceptors (Lipinski definition) is 4. The van der Waals surface area contributed by atoms with Crippen LogP contribution in [0.5, 0.6) is 0 Å². The number of ether oxygens (including phenoxy) is 1. The van der Waals surface area contributed by atoms with Crippen LogP contribution < -0.4 is 5.73 Å². The van der Waals surface area contributed by atoms with Gasteiger partial charge in [0.25, 0.3) is 0 Å². The first kappa shape index (κ1) is 12.0. The molecule has 1 heterocycles. The minimum Gasteiger partial charge on any atom is -0.478 e. The van der Waals surface area contributed by atoms with E-state index in [1.165, 1.54) is 0 Å². The highest BCUT2D eigenvalue weighted by atomic mass is 16.5. The van der Waals surface area contributed by atoms with E-state index < -0.39 is 5.97 Å². The van der Waals surface area contributed by atoms with Crippen molar-refractivity contribution in [1.82, 2.24) is 4.90 Å². The van der Waals surface area contributed by atoms with Crippen LogP contribution in [0.1, 0.15) is 15.9 Å². The van der Waals surface area contributed by atoms with E-state index in [9.17, 15) is 4.79 Å². The smallest absolute Gasteiger partial charge is 0.335 e. The second kappa shape index (κ2) is 5.27. The van der Waals surface area contributed by atoms with Crippen molar-refractivity contribution in [2.24, 2.45) is 5.73 Å². The van der Waals surface area contributed by atoms with Gasteiger partial charge in [0.2, 0.25) is 0 Å². The molecule has 92 valence electrons. The summed E-state index contributed by atoms with van der Waals surface area (Å²) in [6.07, 6.45) is -0.244. The Morgan fingerprint density at radius 3 is 3.12 bits per heavy atom. The van der Waals surface area contributed by atoms with Crippen LogP contribution in [0.2, 0.25) is 0 Å². The zero-order chi connectivity index (χ0) is 12.3. The fourth-order valence-corrected chi connectivity index (χ4v) is 1.94. The maximum atomic E-state index is 10.8. The van der Waals surface area contributed by atoms with E-state index in [0.717, 1.165) is 12.1 Å². The Balaban J connectivity index is 2.02. The first-order valence-electron chi connectivity index (χ1n) is 5.57. The van der Waals surface area contributed by atoms with Gasteiger partial charge in [-0.15, -0.1) is 0 Å². The highest BCUT2D eigenvalue weighted by Crippen LogP contribution is 2.10. The lowest BCUT2D eigenvalue weighted by Gasteiger charge is -2.30. The minimum atomic E-state index is -0.898. The molecule has 1 atom stereocenters. The van der Waals surface area contributed by atoms with E-state index in [2.05, 4.69) is 4.90 Å². The van der Waals surface area contributed by atoms with Crippen LogP contribution >= 0.6 is 0 Å². The molecule has 0 radical (unpaired) electrons. The van der Waals surface area contributed by atoms with Gasteiger partial charge in [-0.2, -0.15) is 0 Å². The van der Waals surface area contributed by atoms with Crippen LogP contribution in [0.3, 0.4) is 0 Å². The lowest BCUT2D eigenvalue weighted by atomic mass is 10.1. The van der Waals surface area contributed by atoms with Crippen molar-refractivity contribution in [3.05, 3.63) is 35.4 Å². The second-order valence-electron chi connectivity index (χ2n) is 4.15. The molecule has 0 spiro atoms. The Morgan fingerprint density at radius 1 is 1.59 bits per heavy atom. The fraction of sp³-hybridized carbons (Fsp3) is 0.417. The van der Waals surface area contributed by atoms with Crippen LogP contribution in [0.4, 0.5) is 0 Å². The molecule has 0 saturated carbocycles. The van der Waals surface area contributed by atoms with E-state index in [1.54, 1.807) is 18.2 Å². The Hall–Kier alpha value is -1.43. The van der Waals surface area contributed by atoms with Gasteiger partial charge in [-0.25, -0.2) is 4.79 Å². The molecule has 5 nitrogen and oxygen atoms in total. The zero-order valence-electron chi connectivity index (χ0n) is 9.50. The fourth-order valence-electron chi connectivity index (χ4n) is 1.94. The van der Waals surface area contributed by atoms with Gasteiger partial charge in [0, 0.05) is 19.6 Å². The van der Waals surface area contributed by atoms with E-state index in [1.807, 2.05) is 6.07 Å². The highest BCUT2D eigenvalue weighted by molar-refractivity contribution is 5.87. The molecule has 0 bridgehead atoms. The molecule has 0 aromatic heterocycles. The summed E-state index contributed by atoms with van der Waals surface area (Å²) in [5.74, 6) is -0.898. The summed E-state index contributed by atoms with van der Waals surface area (Å²) in [5.41, 5.74) is 7.00. The van der Waals surface area contributed by atoms with E-state index in [-0.39, 0.29) is 6.23 Å². The van der Waals surface area contributed by atoms with Gasteiger partial charge in [0.15, 0.2) is 0 Å². The van der Waals surface area contributed by atoms with Crippen molar-refractivity contribution in [2.45, 2.75) is 12.8 Å². The molecule has 1 aromatic rings. The molecular formula is C12H16N2O3. The predicted molar refractivity (Wildman–Crippen MR) is 62.6 cm³/mol. The minimum absolute atomic E-state index is 0.244. The number of nitrogens with zero attached hydrogens (tertiary/aromatic N) is 1. The quantitative estimate of drug-likeness (QED) is 0.799. The van der Waals surface area contributed by atoms with Gasteiger partial charge in [0.1, 0.15) is 6.23 Å². The van der Waals surface area contributed by atoms with Gasteiger partial charge in [-0.05, 0) is 17.7 Å². The third-order valence-electron chi connectivity index (χ3n) is 2.76. The third-order valence-corrected chi connectivity index (χ3v) is 2.76. The van der Waals surface area contributed by atoms with Gasteiger partial charge in [-0.1, -0.05) is 12.1 Å². The first-order valence-corrected chi connectivity index (χ1v) is 5.57. The van der Waals surface area contributed by atoms with E-state index in [0.29, 0.717) is 25.3 Å². The Bertz CT molecular complexity index is 408. The molecule has 5 heteroatoms. The summed E-state index contributed by atoms with van der Waals surface area (Å²) in [6, 6.07) is 6.98. The normalized spacial score (nSPS) is 21.4. The average molecular weight is 236 g/mol. The van der Waals surface area contributed by atoms with Crippen molar-refractivity contribution < 1.29 is 14.6 Å². The van der Waals surface area contributed by atoms with E-state index >= 15 is 0 Å². The van der Waals surface area contributed by atoms with Crippen LogP contribution in [0, 0.1) is 0 Å². The van der Waals surface area contributed by atoms with Gasteiger partial charge in [0.05, 0.1) is 12.2 Å². The summed E-state index contributed by atoms with van der Waals surface area (Å²) in [6.45, 7) is 2.83. The number of benzene rings is 1. The van der Waals surface area contributed by atoms with E-state index in [4.69, 9.17) is 15.6 Å². The highest BCUT2D eigenvalue weighted by Gasteiger charge is 2.17. The Labute approximate surface area is 99.8 Å². The molecular weight excluding hydrogens is 220 g/mol. The largest absolute Gasteiger partial charge is 0.478 e. The number of hydrogen-bond donors (Lipinski definition) is 2. The summed E-state index contributed by atoms with van der Waals surface area (Å²) in [5, 5.41) is 8.90. The van der Waals surface area contributed by atoms with Crippen molar-refractivity contribution in [3.8, 4) is 0 Å². The number of morpholine rings is 1. The lowest BCUT2D eigenvalue weighted by Crippen LogP contribution is -2.46. The summed E-state index contributed by atoms with van der Waals surface area (Å²) < 4.78 is 5.25. The molecule has 1 aromatic carbocycles. The van der Waals surface area contributed by atoms with Crippen molar-refractivity contribution in [3.63, 3.8) is 0 Å². The van der Waals surface area contributed by atoms with Crippen LogP contribution in [-0.4, -0.2) is 41.9 Å². The lowest BCUT2D eigenvalue weighted by molar-refractivity contribution is -0.0275. The zero-order valence-corrected chi connectivity index (χ0v) is 9.50. The molecule has 3 N–H and O–H groups in total. The summed E-state index contributed by atoms with van der Waals surface area (Å²) in [7, 11) is 0. The van der Waals surface area contributed by atoms with Crippen LogP contribution in [-0.2, 0) is 11.3 Å². The molecule has 1 fully saturated rings. The summed E-state index contributed by atoms with van der Waals surface area (Å²) >= 11 is 0. The van der Waals surface area contributed by atoms with Crippen molar-refractivity contribution in [1.29, 1.82) is 0 Å². The Morgan fingerprint density at radius 2 is 2.41 bits per heavy atom. The second-order valence-corrected chi connectivity index (χ2v) is 4.15. The third kappa shape index (κ3) is 3.26. The summed E-state index contributed by atoms with van der Waals surface area (Å²) in [4.78, 5) is 13.0. The molecule has 0 amide bonds. The number of nitrogens with two attached hydrogens (primary N) is 1. The monoisotopic (exact) mass is 236 g/mol.